The second-order valence-corrected chi connectivity index (χ2v) is 3.85. The highest BCUT2D eigenvalue weighted by atomic mass is 16.5. The third kappa shape index (κ3) is 2.62. The van der Waals surface area contributed by atoms with Crippen molar-refractivity contribution in [1.82, 2.24) is 4.90 Å². The Morgan fingerprint density at radius 2 is 1.82 bits per heavy atom. The van der Waals surface area contributed by atoms with Crippen molar-refractivity contribution in [2.75, 3.05) is 26.3 Å². The van der Waals surface area contributed by atoms with Gasteiger partial charge in [-0.3, -0.25) is 9.59 Å². The van der Waals surface area contributed by atoms with Crippen LogP contribution in [0, 0.1) is 0 Å². The van der Waals surface area contributed by atoms with E-state index < -0.39 is 5.91 Å². The van der Waals surface area contributed by atoms with E-state index in [1.54, 1.807) is 23.1 Å². The maximum absolute atomic E-state index is 12.1. The number of hydrogen-bond acceptors (Lipinski definition) is 3. The van der Waals surface area contributed by atoms with E-state index in [1.807, 2.05) is 0 Å². The summed E-state index contributed by atoms with van der Waals surface area (Å²) in [5.41, 5.74) is 6.02. The smallest absolute Gasteiger partial charge is 0.254 e. The summed E-state index contributed by atoms with van der Waals surface area (Å²) in [7, 11) is 0. The number of nitrogens with two attached hydrogens (primary N) is 1. The van der Waals surface area contributed by atoms with Crippen molar-refractivity contribution in [2.24, 2.45) is 5.73 Å². The van der Waals surface area contributed by atoms with E-state index in [0.29, 0.717) is 37.4 Å². The second kappa shape index (κ2) is 4.97. The van der Waals surface area contributed by atoms with Crippen molar-refractivity contribution in [2.45, 2.75) is 0 Å². The topological polar surface area (TPSA) is 72.6 Å². The van der Waals surface area contributed by atoms with Gasteiger partial charge in [0.05, 0.1) is 13.2 Å². The van der Waals surface area contributed by atoms with Crippen LogP contribution in [0.5, 0.6) is 0 Å². The number of morpholine rings is 1. The normalized spacial score (nSPS) is 15.6. The van der Waals surface area contributed by atoms with E-state index in [0.717, 1.165) is 0 Å². The zero-order chi connectivity index (χ0) is 12.3. The third-order valence-electron chi connectivity index (χ3n) is 2.69. The van der Waals surface area contributed by atoms with Crippen molar-refractivity contribution in [3.8, 4) is 0 Å². The van der Waals surface area contributed by atoms with Crippen LogP contribution in [0.15, 0.2) is 24.3 Å². The van der Waals surface area contributed by atoms with Gasteiger partial charge in [-0.2, -0.15) is 0 Å². The van der Waals surface area contributed by atoms with Crippen molar-refractivity contribution < 1.29 is 14.3 Å². The molecule has 5 heteroatoms. The summed E-state index contributed by atoms with van der Waals surface area (Å²) >= 11 is 0. The van der Waals surface area contributed by atoms with Gasteiger partial charge in [-0.1, -0.05) is 6.07 Å². The molecule has 90 valence electrons. The fourth-order valence-corrected chi connectivity index (χ4v) is 1.75. The summed E-state index contributed by atoms with van der Waals surface area (Å²) in [6, 6.07) is 6.47. The van der Waals surface area contributed by atoms with Crippen molar-refractivity contribution in [1.29, 1.82) is 0 Å². The van der Waals surface area contributed by atoms with Crippen LogP contribution >= 0.6 is 0 Å². The molecule has 1 saturated heterocycles. The lowest BCUT2D eigenvalue weighted by molar-refractivity contribution is 0.0303. The molecule has 1 aromatic rings. The van der Waals surface area contributed by atoms with E-state index in [1.165, 1.54) is 6.07 Å². The predicted molar refractivity (Wildman–Crippen MR) is 61.7 cm³/mol. The van der Waals surface area contributed by atoms with Crippen LogP contribution in [-0.2, 0) is 4.74 Å². The first kappa shape index (κ1) is 11.6. The molecule has 0 aromatic heterocycles. The van der Waals surface area contributed by atoms with Gasteiger partial charge in [-0.25, -0.2) is 0 Å². The maximum atomic E-state index is 12.1. The van der Waals surface area contributed by atoms with Crippen LogP contribution in [0.3, 0.4) is 0 Å². The number of ether oxygens (including phenoxy) is 1. The van der Waals surface area contributed by atoms with Crippen LogP contribution in [0.4, 0.5) is 0 Å². The number of benzene rings is 1. The number of rotatable bonds is 2. The maximum Gasteiger partial charge on any atom is 0.254 e. The fourth-order valence-electron chi connectivity index (χ4n) is 1.75. The summed E-state index contributed by atoms with van der Waals surface area (Å²) in [4.78, 5) is 24.8. The molecular formula is C12H14N2O3. The van der Waals surface area contributed by atoms with Crippen molar-refractivity contribution >= 4 is 11.8 Å². The molecule has 1 fully saturated rings. The first-order valence-electron chi connectivity index (χ1n) is 5.45. The van der Waals surface area contributed by atoms with E-state index in [2.05, 4.69) is 0 Å². The molecule has 0 aliphatic carbocycles. The number of nitrogens with zero attached hydrogens (tertiary/aromatic N) is 1. The molecule has 2 amide bonds. The molecule has 0 atom stereocenters. The highest BCUT2D eigenvalue weighted by molar-refractivity contribution is 5.99. The highest BCUT2D eigenvalue weighted by Crippen LogP contribution is 2.09. The molecule has 1 heterocycles. The van der Waals surface area contributed by atoms with E-state index >= 15 is 0 Å². The largest absolute Gasteiger partial charge is 0.378 e. The zero-order valence-corrected chi connectivity index (χ0v) is 9.39. The Kier molecular flexibility index (Phi) is 3.39. The zero-order valence-electron chi connectivity index (χ0n) is 9.39. The Bertz CT molecular complexity index is 439. The van der Waals surface area contributed by atoms with E-state index in [4.69, 9.17) is 10.5 Å². The summed E-state index contributed by atoms with van der Waals surface area (Å²) in [5, 5.41) is 0. The van der Waals surface area contributed by atoms with Gasteiger partial charge in [0.1, 0.15) is 0 Å². The molecule has 0 bridgehead atoms. The van der Waals surface area contributed by atoms with Gasteiger partial charge in [0.25, 0.3) is 5.91 Å². The third-order valence-corrected chi connectivity index (χ3v) is 2.69. The molecule has 0 unspecified atom stereocenters. The minimum atomic E-state index is -0.526. The van der Waals surface area contributed by atoms with Gasteiger partial charge in [0.2, 0.25) is 5.91 Å². The molecule has 0 radical (unpaired) electrons. The van der Waals surface area contributed by atoms with Crippen molar-refractivity contribution in [3.63, 3.8) is 0 Å². The molecule has 17 heavy (non-hydrogen) atoms. The van der Waals surface area contributed by atoms with Crippen molar-refractivity contribution in [3.05, 3.63) is 35.4 Å². The van der Waals surface area contributed by atoms with E-state index in [9.17, 15) is 9.59 Å². The SMILES string of the molecule is NC(=O)c1cccc(C(=O)N2CCOCC2)c1. The molecule has 2 N–H and O–H groups in total. The van der Waals surface area contributed by atoms with Gasteiger partial charge in [-0.15, -0.1) is 0 Å². The lowest BCUT2D eigenvalue weighted by Gasteiger charge is -2.26. The number of carbonyl (C=O) groups excluding carboxylic acids is 2. The van der Waals surface area contributed by atoms with Gasteiger partial charge in [0.15, 0.2) is 0 Å². The average Bonchev–Trinajstić information content (AvgIpc) is 2.39. The van der Waals surface area contributed by atoms with Crippen LogP contribution in [0.25, 0.3) is 0 Å². The lowest BCUT2D eigenvalue weighted by Crippen LogP contribution is -2.40. The van der Waals surface area contributed by atoms with Crippen LogP contribution in [0.2, 0.25) is 0 Å². The number of hydrogen-bond donors (Lipinski definition) is 1. The quantitative estimate of drug-likeness (QED) is 0.797. The van der Waals surface area contributed by atoms with Crippen LogP contribution in [-0.4, -0.2) is 43.0 Å². The van der Waals surface area contributed by atoms with Crippen LogP contribution < -0.4 is 5.73 Å². The lowest BCUT2D eigenvalue weighted by atomic mass is 10.1. The first-order chi connectivity index (χ1) is 8.18. The Morgan fingerprint density at radius 3 is 2.47 bits per heavy atom. The average molecular weight is 234 g/mol. The summed E-state index contributed by atoms with van der Waals surface area (Å²) in [6.45, 7) is 2.28. The van der Waals surface area contributed by atoms with Gasteiger partial charge >= 0.3 is 0 Å². The number of amides is 2. The molecule has 0 saturated carbocycles. The fraction of sp³-hybridized carbons (Fsp3) is 0.333. The standard InChI is InChI=1S/C12H14N2O3/c13-11(15)9-2-1-3-10(8-9)12(16)14-4-6-17-7-5-14/h1-3,8H,4-7H2,(H2,13,15). The van der Waals surface area contributed by atoms with E-state index in [-0.39, 0.29) is 5.91 Å². The molecule has 0 spiro atoms. The molecule has 1 aliphatic rings. The molecule has 2 rings (SSSR count). The molecule has 1 aliphatic heterocycles. The molecule has 5 nitrogen and oxygen atoms in total. The second-order valence-electron chi connectivity index (χ2n) is 3.85. The Hall–Kier alpha value is -1.88. The monoisotopic (exact) mass is 234 g/mol. The van der Waals surface area contributed by atoms with Gasteiger partial charge < -0.3 is 15.4 Å². The Balaban J connectivity index is 2.18. The van der Waals surface area contributed by atoms with Crippen LogP contribution in [0.1, 0.15) is 20.7 Å². The Morgan fingerprint density at radius 1 is 1.18 bits per heavy atom. The predicted octanol–water partition coefficient (Wildman–Crippen LogP) is 0.258. The summed E-state index contributed by atoms with van der Waals surface area (Å²) < 4.78 is 5.18. The Labute approximate surface area is 99.2 Å². The first-order valence-corrected chi connectivity index (χ1v) is 5.45. The molecular weight excluding hydrogens is 220 g/mol. The summed E-state index contributed by atoms with van der Waals surface area (Å²) in [5.74, 6) is -0.613. The number of carbonyl (C=O) groups is 2. The summed E-state index contributed by atoms with van der Waals surface area (Å²) in [6.07, 6.45) is 0. The highest BCUT2D eigenvalue weighted by Gasteiger charge is 2.18. The number of primary amides is 1. The minimum absolute atomic E-state index is 0.0867. The minimum Gasteiger partial charge on any atom is -0.378 e. The van der Waals surface area contributed by atoms with Gasteiger partial charge in [-0.05, 0) is 18.2 Å². The van der Waals surface area contributed by atoms with Gasteiger partial charge in [0, 0.05) is 24.2 Å². The molecule has 1 aromatic carbocycles.